The normalized spacial score (nSPS) is 18.7. The molecule has 148 heavy (non-hydrogen) atoms. The molecule has 19 aromatic carbocycles. The predicted molar refractivity (Wildman–Crippen MR) is 625 cm³/mol. The van der Waals surface area contributed by atoms with Gasteiger partial charge in [-0.15, -0.1) is 34.0 Å². The van der Waals surface area contributed by atoms with Crippen LogP contribution in [0.25, 0.3) is 170 Å². The summed E-state index contributed by atoms with van der Waals surface area (Å²) in [4.78, 5) is 12.0. The van der Waals surface area contributed by atoms with Gasteiger partial charge in [-0.3, -0.25) is 4.98 Å². The Labute approximate surface area is 871 Å². The number of anilines is 7. The third-order valence-corrected chi connectivity index (χ3v) is 37.0. The highest BCUT2D eigenvalue weighted by atomic mass is 32.1. The van der Waals surface area contributed by atoms with E-state index >= 15 is 0 Å². The maximum Gasteiger partial charge on any atom is 0.146 e. The first kappa shape index (κ1) is 88.6. The standard InChI is InChI=1S/C54H41NOS.C42H39NOS.C41H26N2O2S/c1-2-12-39-36(10-1)11-9-17-40(39)42-24-25-46(43-14-4-3-13-41(42)43)55(38-22-20-37(21-23-38)54-30-33-26-34(31-54)28-35(27-33)32-54)47-29-50-52(45-16-6-8-19-49(45)57-50)53-51(47)44-15-5-7-18-48(44)56-53;1-3-11-28(12-4-1)30-19-23-32(24-20-30)43(33-25-21-31(22-26-33)29-13-5-2-6-14-29)36-27-39-41(35-16-8-10-18-38(35)45-39)42-40(36)34-15-7-9-17-37(34)44-42;1-2-8-31(9-3-1)44-32-20-18-30(19-21-32)43(29-16-14-27(15-17-29)28-22-24-42-25-23-28)35-26-38-40(34-11-5-7-13-37(34)46-38)41-39(35)33-10-4-6-12-36(33)45-41/h1-25,29,33-35H,26-28,30-32H2;1-18,27,30-33H,19-26H2;1-26H. The summed E-state index contributed by atoms with van der Waals surface area (Å²) in [5, 5.41) is 19.5. The zero-order chi connectivity index (χ0) is 97.4. The minimum absolute atomic E-state index is 0.342. The molecule has 0 N–H and O–H groups in total. The van der Waals surface area contributed by atoms with Gasteiger partial charge in [-0.25, -0.2) is 0 Å². The maximum atomic E-state index is 6.94. The first-order chi connectivity index (χ1) is 73.3. The summed E-state index contributed by atoms with van der Waals surface area (Å²) in [6.45, 7) is 0. The van der Waals surface area contributed by atoms with E-state index in [0.29, 0.717) is 29.3 Å². The summed E-state index contributed by atoms with van der Waals surface area (Å²) in [6, 6.07) is 153. The van der Waals surface area contributed by atoms with Crippen LogP contribution in [0.2, 0.25) is 0 Å². The van der Waals surface area contributed by atoms with Gasteiger partial charge in [0, 0.05) is 124 Å². The van der Waals surface area contributed by atoms with E-state index in [0.717, 1.165) is 124 Å². The number of furan rings is 3. The molecule has 6 fully saturated rings. The van der Waals surface area contributed by atoms with Crippen LogP contribution in [0.1, 0.15) is 118 Å². The second-order valence-corrected chi connectivity index (χ2v) is 45.3. The lowest BCUT2D eigenvalue weighted by molar-refractivity contribution is -0.00518. The van der Waals surface area contributed by atoms with Crippen LogP contribution in [-0.4, -0.2) is 17.1 Å². The Bertz CT molecular complexity index is 9440. The molecule has 6 aliphatic carbocycles. The number of rotatable bonds is 16. The number of para-hydroxylation sites is 4. The molecule has 716 valence electrons. The average molecular weight is 1970 g/mol. The van der Waals surface area contributed by atoms with Crippen molar-refractivity contribution in [1.82, 2.24) is 4.98 Å². The minimum atomic E-state index is 0.342. The van der Waals surface area contributed by atoms with Gasteiger partial charge in [0.1, 0.15) is 45.0 Å². The number of thiophene rings is 3. The van der Waals surface area contributed by atoms with E-state index in [4.69, 9.17) is 18.0 Å². The van der Waals surface area contributed by atoms with Crippen LogP contribution in [0.15, 0.2) is 444 Å². The largest absolute Gasteiger partial charge is 0.457 e. The van der Waals surface area contributed by atoms with Crippen LogP contribution in [0.4, 0.5) is 39.8 Å². The topological polar surface area (TPSA) is 71.3 Å². The number of hydrogen-bond donors (Lipinski definition) is 0. The summed E-state index contributed by atoms with van der Waals surface area (Å²) >= 11 is 5.58. The molecule has 0 amide bonds. The molecule has 6 saturated carbocycles. The zero-order valence-corrected chi connectivity index (χ0v) is 84.5. The Morgan fingerprint density at radius 3 is 1.14 bits per heavy atom. The first-order valence-corrected chi connectivity index (χ1v) is 55.4. The van der Waals surface area contributed by atoms with E-state index in [2.05, 4.69) is 378 Å². The summed E-state index contributed by atoms with van der Waals surface area (Å²) in [7, 11) is 0. The zero-order valence-electron chi connectivity index (χ0n) is 82.1. The second-order valence-electron chi connectivity index (χ2n) is 42.1. The fourth-order valence-electron chi connectivity index (χ4n) is 27.4. The predicted octanol–water partition coefficient (Wildman–Crippen LogP) is 40.4. The maximum absolute atomic E-state index is 6.94. The Morgan fingerprint density at radius 1 is 0.270 bits per heavy atom. The molecule has 6 aliphatic rings. The highest BCUT2D eigenvalue weighted by molar-refractivity contribution is 7.27. The van der Waals surface area contributed by atoms with Crippen LogP contribution in [0.3, 0.4) is 0 Å². The van der Waals surface area contributed by atoms with Gasteiger partial charge in [0.2, 0.25) is 0 Å². The van der Waals surface area contributed by atoms with Crippen molar-refractivity contribution in [2.24, 2.45) is 17.8 Å². The molecular weight excluding hydrogens is 1860 g/mol. The number of benzene rings is 19. The van der Waals surface area contributed by atoms with Crippen molar-refractivity contribution in [2.45, 2.75) is 119 Å². The van der Waals surface area contributed by atoms with Gasteiger partial charge in [0.15, 0.2) is 0 Å². The number of aromatic nitrogens is 1. The van der Waals surface area contributed by atoms with Gasteiger partial charge in [-0.1, -0.05) is 285 Å². The van der Waals surface area contributed by atoms with Crippen molar-refractivity contribution in [3.63, 3.8) is 0 Å². The van der Waals surface area contributed by atoms with Gasteiger partial charge in [-0.05, 0) is 313 Å². The molecule has 4 bridgehead atoms. The Balaban J connectivity index is 0.000000106. The molecule has 32 rings (SSSR count). The Kier molecular flexibility index (Phi) is 22.1. The number of pyridine rings is 1. The molecule has 0 atom stereocenters. The number of nitrogens with zero attached hydrogens (tertiary/aromatic N) is 4. The Hall–Kier alpha value is -15.9. The average Bonchev–Trinajstić information content (AvgIpc) is 1.47. The van der Waals surface area contributed by atoms with Crippen molar-refractivity contribution in [2.75, 3.05) is 14.7 Å². The highest BCUT2D eigenvalue weighted by Crippen LogP contribution is 2.63. The fourth-order valence-corrected chi connectivity index (χ4v) is 30.8. The van der Waals surface area contributed by atoms with Gasteiger partial charge in [0.05, 0.1) is 38.9 Å². The molecule has 7 heterocycles. The smallest absolute Gasteiger partial charge is 0.146 e. The van der Waals surface area contributed by atoms with Gasteiger partial charge in [-0.2, -0.15) is 0 Å². The third kappa shape index (κ3) is 15.5. The lowest BCUT2D eigenvalue weighted by Crippen LogP contribution is -2.48. The Morgan fingerprint density at radius 2 is 0.642 bits per heavy atom. The van der Waals surface area contributed by atoms with Crippen molar-refractivity contribution in [3.05, 3.63) is 448 Å². The summed E-state index contributed by atoms with van der Waals surface area (Å²) < 4.78 is 34.3. The minimum Gasteiger partial charge on any atom is -0.457 e. The van der Waals surface area contributed by atoms with Gasteiger partial charge in [0.25, 0.3) is 0 Å². The SMILES string of the molecule is c1ccc(C2CCC(N(c3cc4sc5ccccc5c4c4oc5ccccc5c34)C3CCC(c4ccccc4)CC3)CC2)cc1.c1ccc(Oc2ccc(N(c3ccc(-c4ccncc4)cc3)c3cc4sc5ccccc5c4c4oc5ccccc5c34)cc2)cc1.c1ccc2c(-c3ccc(N(c4ccc(C56CC7CC(CC(C7)C5)C6)cc4)c4cc5sc6ccccc6c5c5oc6ccccc6c45)c4ccccc34)cccc2c1. The van der Waals surface area contributed by atoms with Crippen LogP contribution in [-0.2, 0) is 5.41 Å². The lowest BCUT2D eigenvalue weighted by atomic mass is 9.48. The van der Waals surface area contributed by atoms with Gasteiger partial charge < -0.3 is 32.7 Å². The molecule has 26 aromatic rings. The third-order valence-electron chi connectivity index (χ3n) is 33.6. The van der Waals surface area contributed by atoms with E-state index in [1.165, 1.54) is 217 Å². The van der Waals surface area contributed by atoms with E-state index in [9.17, 15) is 0 Å². The summed E-state index contributed by atoms with van der Waals surface area (Å²) in [6.07, 6.45) is 22.1. The lowest BCUT2D eigenvalue weighted by Gasteiger charge is -2.57. The van der Waals surface area contributed by atoms with Crippen molar-refractivity contribution in [1.29, 1.82) is 0 Å². The molecule has 7 aromatic heterocycles. The van der Waals surface area contributed by atoms with Crippen molar-refractivity contribution in [3.8, 4) is 33.8 Å². The van der Waals surface area contributed by atoms with Crippen molar-refractivity contribution >= 4 is 222 Å². The van der Waals surface area contributed by atoms with Crippen LogP contribution >= 0.6 is 34.0 Å². The van der Waals surface area contributed by atoms with Gasteiger partial charge >= 0.3 is 0 Å². The molecule has 0 spiro atoms. The van der Waals surface area contributed by atoms with E-state index in [1.54, 1.807) is 16.9 Å². The highest BCUT2D eigenvalue weighted by Gasteiger charge is 2.52. The molecule has 0 aliphatic heterocycles. The van der Waals surface area contributed by atoms with Crippen LogP contribution in [0.5, 0.6) is 11.5 Å². The van der Waals surface area contributed by atoms with E-state index in [-0.39, 0.29) is 0 Å². The molecule has 0 radical (unpaired) electrons. The first-order valence-electron chi connectivity index (χ1n) is 53.0. The molecule has 0 saturated heterocycles. The fraction of sp³-hybridized carbons (Fsp3) is 0.161. The van der Waals surface area contributed by atoms with E-state index in [1.807, 2.05) is 95.7 Å². The van der Waals surface area contributed by atoms with Crippen molar-refractivity contribution < 1.29 is 18.0 Å². The van der Waals surface area contributed by atoms with Crippen LogP contribution in [0, 0.1) is 17.8 Å². The second kappa shape index (κ2) is 36.9. The molecular formula is C137H106N4O4S3. The number of fused-ring (bicyclic) bond motifs is 23. The summed E-state index contributed by atoms with van der Waals surface area (Å²) in [5.41, 5.74) is 23.5. The van der Waals surface area contributed by atoms with E-state index < -0.39 is 0 Å². The quantitative estimate of drug-likeness (QED) is 0.0948. The number of ether oxygens (including phenoxy) is 1. The molecule has 0 unspecified atom stereocenters. The molecule has 11 heteroatoms. The molecule has 8 nitrogen and oxygen atoms in total. The number of hydrogen-bond acceptors (Lipinski definition) is 11. The summed E-state index contributed by atoms with van der Waals surface area (Å²) in [5.74, 6) is 5.65. The monoisotopic (exact) mass is 1970 g/mol. The van der Waals surface area contributed by atoms with Crippen LogP contribution < -0.4 is 19.4 Å².